The van der Waals surface area contributed by atoms with Gasteiger partial charge in [-0.1, -0.05) is 25.3 Å². The SMILES string of the molecule is C=CC(=C)c1nc2ccnc(NCCc3ccncc3)c2cc1C(C)=CC. The van der Waals surface area contributed by atoms with Crippen LogP contribution in [0, 0.1) is 0 Å². The minimum Gasteiger partial charge on any atom is -0.369 e. The predicted octanol–water partition coefficient (Wildman–Crippen LogP) is 5.30. The third-order valence-corrected chi connectivity index (χ3v) is 4.61. The Morgan fingerprint density at radius 2 is 1.96 bits per heavy atom. The third kappa shape index (κ3) is 4.11. The van der Waals surface area contributed by atoms with E-state index in [2.05, 4.69) is 47.5 Å². The van der Waals surface area contributed by atoms with Gasteiger partial charge in [0.1, 0.15) is 5.82 Å². The summed E-state index contributed by atoms with van der Waals surface area (Å²) >= 11 is 0. The minimum atomic E-state index is 0.787. The first kappa shape index (κ1) is 18.5. The lowest BCUT2D eigenvalue weighted by Gasteiger charge is -2.14. The zero-order chi connectivity index (χ0) is 19.2. The number of nitrogens with zero attached hydrogens (tertiary/aromatic N) is 3. The molecule has 0 unspecified atom stereocenters. The van der Waals surface area contributed by atoms with E-state index in [1.807, 2.05) is 37.5 Å². The lowest BCUT2D eigenvalue weighted by atomic mass is 9.99. The molecule has 0 aromatic carbocycles. The van der Waals surface area contributed by atoms with E-state index in [9.17, 15) is 0 Å². The largest absolute Gasteiger partial charge is 0.369 e. The summed E-state index contributed by atoms with van der Waals surface area (Å²) < 4.78 is 0. The highest BCUT2D eigenvalue weighted by molar-refractivity contribution is 5.94. The molecule has 3 aromatic rings. The van der Waals surface area contributed by atoms with Gasteiger partial charge in [0.25, 0.3) is 0 Å². The van der Waals surface area contributed by atoms with Crippen LogP contribution in [0.25, 0.3) is 22.0 Å². The van der Waals surface area contributed by atoms with Crippen LogP contribution in [-0.2, 0) is 6.42 Å². The van der Waals surface area contributed by atoms with Crippen molar-refractivity contribution in [2.75, 3.05) is 11.9 Å². The number of rotatable bonds is 7. The molecular weight excluding hydrogens is 332 g/mol. The fourth-order valence-electron chi connectivity index (χ4n) is 2.91. The van der Waals surface area contributed by atoms with Crippen molar-refractivity contribution in [3.8, 4) is 0 Å². The van der Waals surface area contributed by atoms with Crippen LogP contribution in [0.1, 0.15) is 30.7 Å². The molecule has 3 heterocycles. The van der Waals surface area contributed by atoms with E-state index in [-0.39, 0.29) is 0 Å². The van der Waals surface area contributed by atoms with Gasteiger partial charge in [-0.25, -0.2) is 9.97 Å². The molecule has 27 heavy (non-hydrogen) atoms. The standard InChI is InChI=1S/C23H24N4/c1-5-16(3)19-15-20-21(27-22(19)17(4)6-2)10-14-26-23(20)25-13-9-18-7-11-24-12-8-18/h5-8,10-12,14-15H,2,4,9,13H2,1,3H3,(H,25,26). The number of aromatic nitrogens is 3. The molecule has 0 saturated carbocycles. The van der Waals surface area contributed by atoms with Gasteiger partial charge in [0.2, 0.25) is 0 Å². The molecule has 0 aliphatic carbocycles. The van der Waals surface area contributed by atoms with Gasteiger partial charge in [-0.2, -0.15) is 0 Å². The second-order valence-corrected chi connectivity index (χ2v) is 6.34. The van der Waals surface area contributed by atoms with Gasteiger partial charge >= 0.3 is 0 Å². The number of hydrogen-bond acceptors (Lipinski definition) is 4. The lowest BCUT2D eigenvalue weighted by Crippen LogP contribution is -2.07. The van der Waals surface area contributed by atoms with Crippen LogP contribution in [-0.4, -0.2) is 21.5 Å². The molecule has 3 aromatic heterocycles. The van der Waals surface area contributed by atoms with Gasteiger partial charge in [0.05, 0.1) is 11.2 Å². The number of allylic oxidation sites excluding steroid dienone is 4. The molecule has 0 fully saturated rings. The highest BCUT2D eigenvalue weighted by atomic mass is 15.0. The molecule has 0 saturated heterocycles. The molecular formula is C23H24N4. The number of anilines is 1. The Balaban J connectivity index is 1.96. The lowest BCUT2D eigenvalue weighted by molar-refractivity contribution is 1.00. The molecule has 0 aliphatic rings. The Kier molecular flexibility index (Phi) is 5.77. The van der Waals surface area contributed by atoms with E-state index in [0.29, 0.717) is 0 Å². The molecule has 4 heteroatoms. The van der Waals surface area contributed by atoms with E-state index in [1.165, 1.54) is 5.56 Å². The van der Waals surface area contributed by atoms with Crippen LogP contribution in [0.2, 0.25) is 0 Å². The first-order valence-corrected chi connectivity index (χ1v) is 9.01. The zero-order valence-electron chi connectivity index (χ0n) is 15.9. The monoisotopic (exact) mass is 356 g/mol. The first-order chi connectivity index (χ1) is 13.1. The van der Waals surface area contributed by atoms with Gasteiger partial charge in [-0.05, 0) is 61.2 Å². The van der Waals surface area contributed by atoms with Crippen molar-refractivity contribution in [3.05, 3.63) is 85.0 Å². The van der Waals surface area contributed by atoms with Crippen molar-refractivity contribution in [2.24, 2.45) is 0 Å². The average molecular weight is 356 g/mol. The summed E-state index contributed by atoms with van der Waals surface area (Å²) in [5, 5.41) is 4.45. The highest BCUT2D eigenvalue weighted by Crippen LogP contribution is 2.30. The maximum absolute atomic E-state index is 4.84. The Morgan fingerprint density at radius 1 is 1.19 bits per heavy atom. The topological polar surface area (TPSA) is 50.7 Å². The molecule has 0 aliphatic heterocycles. The van der Waals surface area contributed by atoms with E-state index in [4.69, 9.17) is 4.98 Å². The first-order valence-electron chi connectivity index (χ1n) is 9.01. The van der Waals surface area contributed by atoms with Crippen molar-refractivity contribution in [1.82, 2.24) is 15.0 Å². The Bertz CT molecular complexity index is 1000. The number of pyridine rings is 3. The smallest absolute Gasteiger partial charge is 0.135 e. The van der Waals surface area contributed by atoms with E-state index in [1.54, 1.807) is 12.3 Å². The normalized spacial score (nSPS) is 11.4. The second kappa shape index (κ2) is 8.41. The summed E-state index contributed by atoms with van der Waals surface area (Å²) in [5.74, 6) is 0.843. The summed E-state index contributed by atoms with van der Waals surface area (Å²) in [4.78, 5) is 13.4. The Hall–Kier alpha value is -3.27. The molecule has 1 N–H and O–H groups in total. The summed E-state index contributed by atoms with van der Waals surface area (Å²) in [5.41, 5.74) is 6.01. The van der Waals surface area contributed by atoms with E-state index in [0.717, 1.165) is 52.1 Å². The van der Waals surface area contributed by atoms with E-state index < -0.39 is 0 Å². The number of nitrogens with one attached hydrogen (secondary N) is 1. The molecule has 0 atom stereocenters. The molecule has 136 valence electrons. The predicted molar refractivity (Wildman–Crippen MR) is 115 cm³/mol. The van der Waals surface area contributed by atoms with Crippen LogP contribution >= 0.6 is 0 Å². The van der Waals surface area contributed by atoms with Crippen LogP contribution < -0.4 is 5.32 Å². The molecule has 3 rings (SSSR count). The highest BCUT2D eigenvalue weighted by Gasteiger charge is 2.12. The third-order valence-electron chi connectivity index (χ3n) is 4.61. The number of hydrogen-bond donors (Lipinski definition) is 1. The number of fused-ring (bicyclic) bond motifs is 1. The van der Waals surface area contributed by atoms with Crippen molar-refractivity contribution < 1.29 is 0 Å². The zero-order valence-corrected chi connectivity index (χ0v) is 15.9. The molecule has 0 bridgehead atoms. The summed E-state index contributed by atoms with van der Waals surface area (Å²) in [7, 11) is 0. The Labute approximate surface area is 160 Å². The van der Waals surface area contributed by atoms with Gasteiger partial charge in [-0.15, -0.1) is 0 Å². The van der Waals surface area contributed by atoms with Crippen molar-refractivity contribution in [3.63, 3.8) is 0 Å². The van der Waals surface area contributed by atoms with E-state index >= 15 is 0 Å². The fraction of sp³-hybridized carbons (Fsp3) is 0.174. The van der Waals surface area contributed by atoms with Gasteiger partial charge in [-0.3, -0.25) is 4.98 Å². The fourth-order valence-corrected chi connectivity index (χ4v) is 2.91. The quantitative estimate of drug-likeness (QED) is 0.584. The second-order valence-electron chi connectivity index (χ2n) is 6.34. The summed E-state index contributed by atoms with van der Waals surface area (Å²) in [6, 6.07) is 8.13. The minimum absolute atomic E-state index is 0.787. The van der Waals surface area contributed by atoms with Crippen molar-refractivity contribution in [1.29, 1.82) is 0 Å². The van der Waals surface area contributed by atoms with Crippen molar-refractivity contribution in [2.45, 2.75) is 20.3 Å². The Morgan fingerprint density at radius 3 is 2.67 bits per heavy atom. The maximum Gasteiger partial charge on any atom is 0.135 e. The summed E-state index contributed by atoms with van der Waals surface area (Å²) in [6.07, 6.45) is 10.1. The van der Waals surface area contributed by atoms with Crippen LogP contribution in [0.5, 0.6) is 0 Å². The molecule has 0 radical (unpaired) electrons. The molecule has 0 amide bonds. The average Bonchev–Trinajstić information content (AvgIpc) is 2.72. The maximum atomic E-state index is 4.84. The van der Waals surface area contributed by atoms with Gasteiger partial charge < -0.3 is 5.32 Å². The van der Waals surface area contributed by atoms with Gasteiger partial charge in [0, 0.05) is 36.1 Å². The van der Waals surface area contributed by atoms with Gasteiger partial charge in [0.15, 0.2) is 0 Å². The van der Waals surface area contributed by atoms with Crippen LogP contribution in [0.15, 0.2) is 68.2 Å². The summed E-state index contributed by atoms with van der Waals surface area (Å²) in [6.45, 7) is 12.8. The molecule has 4 nitrogen and oxygen atoms in total. The van der Waals surface area contributed by atoms with Crippen LogP contribution in [0.3, 0.4) is 0 Å². The van der Waals surface area contributed by atoms with Crippen molar-refractivity contribution >= 4 is 27.9 Å². The van der Waals surface area contributed by atoms with Crippen LogP contribution in [0.4, 0.5) is 5.82 Å². The molecule has 0 spiro atoms.